The van der Waals surface area contributed by atoms with Crippen LogP contribution in [0.25, 0.3) is 10.9 Å². The molecule has 0 atom stereocenters. The zero-order valence-corrected chi connectivity index (χ0v) is 18.3. The Morgan fingerprint density at radius 3 is 2.50 bits per heavy atom. The Kier molecular flexibility index (Phi) is 6.55. The summed E-state index contributed by atoms with van der Waals surface area (Å²) in [4.78, 5) is 13.0. The van der Waals surface area contributed by atoms with E-state index in [1.807, 2.05) is 59.2 Å². The van der Waals surface area contributed by atoms with E-state index >= 15 is 0 Å². The summed E-state index contributed by atoms with van der Waals surface area (Å²) >= 11 is 0. The molecule has 0 saturated carbocycles. The first kappa shape index (κ1) is 21.6. The van der Waals surface area contributed by atoms with Gasteiger partial charge in [0, 0.05) is 24.0 Å². The van der Waals surface area contributed by atoms with Crippen molar-refractivity contribution >= 4 is 16.8 Å². The fraction of sp³-hybridized carbons (Fsp3) is 0.222. The van der Waals surface area contributed by atoms with Gasteiger partial charge < -0.3 is 14.6 Å². The number of halogens is 1. The first-order valence-electron chi connectivity index (χ1n) is 10.8. The first-order chi connectivity index (χ1) is 15.5. The number of carbonyl (C=O) groups excluding carboxylic acids is 1. The maximum Gasteiger partial charge on any atom is 0.267 e. The predicted octanol–water partition coefficient (Wildman–Crippen LogP) is 5.79. The monoisotopic (exact) mass is 430 g/mol. The Bertz CT molecular complexity index is 1220. The molecule has 0 radical (unpaired) electrons. The summed E-state index contributed by atoms with van der Waals surface area (Å²) in [6.07, 6.45) is 0. The van der Waals surface area contributed by atoms with Crippen molar-refractivity contribution < 1.29 is 13.9 Å². The van der Waals surface area contributed by atoms with E-state index in [4.69, 9.17) is 4.74 Å². The van der Waals surface area contributed by atoms with Gasteiger partial charge in [0.1, 0.15) is 23.9 Å². The van der Waals surface area contributed by atoms with Crippen LogP contribution in [-0.2, 0) is 13.2 Å². The lowest BCUT2D eigenvalue weighted by Crippen LogP contribution is -2.29. The van der Waals surface area contributed by atoms with Gasteiger partial charge in [-0.15, -0.1) is 0 Å². The van der Waals surface area contributed by atoms with Crippen molar-refractivity contribution in [2.45, 2.75) is 27.0 Å². The van der Waals surface area contributed by atoms with Crippen molar-refractivity contribution in [3.05, 3.63) is 102 Å². The number of hydrogen-bond donors (Lipinski definition) is 1. The fourth-order valence-corrected chi connectivity index (χ4v) is 3.67. The van der Waals surface area contributed by atoms with E-state index in [1.54, 1.807) is 18.2 Å². The second kappa shape index (κ2) is 9.69. The Hall–Kier alpha value is -3.60. The van der Waals surface area contributed by atoms with E-state index < -0.39 is 0 Å². The van der Waals surface area contributed by atoms with Crippen LogP contribution in [0.2, 0.25) is 0 Å². The Morgan fingerprint density at radius 2 is 1.75 bits per heavy atom. The average Bonchev–Trinajstić information content (AvgIpc) is 3.16. The van der Waals surface area contributed by atoms with Gasteiger partial charge in [-0.3, -0.25) is 4.79 Å². The molecule has 0 aliphatic heterocycles. The van der Waals surface area contributed by atoms with E-state index in [0.29, 0.717) is 36.0 Å². The number of fused-ring (bicyclic) bond motifs is 1. The maximum absolute atomic E-state index is 14.0. The van der Waals surface area contributed by atoms with E-state index in [2.05, 4.69) is 19.2 Å². The summed E-state index contributed by atoms with van der Waals surface area (Å²) in [6, 6.07) is 24.2. The molecule has 0 aliphatic rings. The molecule has 3 aromatic carbocycles. The van der Waals surface area contributed by atoms with Gasteiger partial charge in [0.15, 0.2) is 0 Å². The first-order valence-corrected chi connectivity index (χ1v) is 10.8. The molecule has 5 heteroatoms. The van der Waals surface area contributed by atoms with Crippen LogP contribution in [0, 0.1) is 11.7 Å². The molecule has 4 rings (SSSR count). The van der Waals surface area contributed by atoms with Crippen molar-refractivity contribution in [3.63, 3.8) is 0 Å². The molecule has 0 fully saturated rings. The Balaban J connectivity index is 1.71. The number of nitrogens with one attached hydrogen (secondary N) is 1. The van der Waals surface area contributed by atoms with E-state index in [0.717, 1.165) is 16.5 Å². The highest BCUT2D eigenvalue weighted by Gasteiger charge is 2.18. The molecule has 0 spiro atoms. The summed E-state index contributed by atoms with van der Waals surface area (Å²) in [6.45, 7) is 5.40. The minimum absolute atomic E-state index is 0.116. The van der Waals surface area contributed by atoms with Crippen LogP contribution in [0.4, 0.5) is 4.39 Å². The summed E-state index contributed by atoms with van der Waals surface area (Å²) in [7, 11) is 0. The van der Waals surface area contributed by atoms with Crippen LogP contribution in [0.15, 0.2) is 78.9 Å². The van der Waals surface area contributed by atoms with Gasteiger partial charge in [0.25, 0.3) is 5.91 Å². The van der Waals surface area contributed by atoms with Gasteiger partial charge in [-0.25, -0.2) is 4.39 Å². The summed E-state index contributed by atoms with van der Waals surface area (Å²) < 4.78 is 22.0. The molecule has 4 aromatic rings. The van der Waals surface area contributed by atoms with Gasteiger partial charge in [-0.05, 0) is 35.7 Å². The number of amides is 1. The molecule has 0 aliphatic carbocycles. The maximum atomic E-state index is 14.0. The topological polar surface area (TPSA) is 43.3 Å². The molecule has 0 bridgehead atoms. The molecule has 1 aromatic heterocycles. The van der Waals surface area contributed by atoms with Crippen molar-refractivity contribution in [3.8, 4) is 5.75 Å². The quantitative estimate of drug-likeness (QED) is 0.384. The lowest BCUT2D eigenvalue weighted by Gasteiger charge is -2.13. The van der Waals surface area contributed by atoms with Crippen LogP contribution >= 0.6 is 0 Å². The van der Waals surface area contributed by atoms with Crippen LogP contribution in [0.5, 0.6) is 5.75 Å². The van der Waals surface area contributed by atoms with Gasteiger partial charge in [0.2, 0.25) is 0 Å². The fourth-order valence-electron chi connectivity index (χ4n) is 3.67. The van der Waals surface area contributed by atoms with Crippen molar-refractivity contribution in [1.82, 2.24) is 9.88 Å². The number of ether oxygens (including phenoxy) is 1. The lowest BCUT2D eigenvalue weighted by atomic mass is 10.2. The molecule has 1 N–H and O–H groups in total. The minimum atomic E-state index is -0.296. The number of nitrogens with zero attached hydrogens (tertiary/aromatic N) is 1. The van der Waals surface area contributed by atoms with Crippen LogP contribution in [0.3, 0.4) is 0 Å². The van der Waals surface area contributed by atoms with Crippen LogP contribution in [-0.4, -0.2) is 17.0 Å². The van der Waals surface area contributed by atoms with Crippen LogP contribution in [0.1, 0.15) is 35.5 Å². The number of hydrogen-bond acceptors (Lipinski definition) is 2. The van der Waals surface area contributed by atoms with Crippen molar-refractivity contribution in [2.75, 3.05) is 6.54 Å². The molecular weight excluding hydrogens is 403 g/mol. The molecule has 0 unspecified atom stereocenters. The molecule has 0 saturated heterocycles. The Morgan fingerprint density at radius 1 is 1.00 bits per heavy atom. The van der Waals surface area contributed by atoms with Gasteiger partial charge in [-0.2, -0.15) is 0 Å². The molecule has 164 valence electrons. The highest BCUT2D eigenvalue weighted by molar-refractivity contribution is 6.00. The number of aromatic nitrogens is 1. The molecule has 4 nitrogen and oxygen atoms in total. The number of rotatable bonds is 8. The molecular formula is C27H27FN2O2. The van der Waals surface area contributed by atoms with Crippen molar-refractivity contribution in [2.24, 2.45) is 5.92 Å². The smallest absolute Gasteiger partial charge is 0.267 e. The lowest BCUT2D eigenvalue weighted by molar-refractivity contribution is 0.0940. The predicted molar refractivity (Wildman–Crippen MR) is 125 cm³/mol. The third kappa shape index (κ3) is 4.83. The SMILES string of the molecule is CC(C)CNC(=O)c1cc2c(OCc3ccccc3F)cccc2n1Cc1ccccc1. The molecule has 1 amide bonds. The highest BCUT2D eigenvalue weighted by Crippen LogP contribution is 2.30. The largest absolute Gasteiger partial charge is 0.488 e. The third-order valence-corrected chi connectivity index (χ3v) is 5.33. The van der Waals surface area contributed by atoms with Gasteiger partial charge in [0.05, 0.1) is 5.52 Å². The van der Waals surface area contributed by atoms with E-state index in [-0.39, 0.29) is 18.3 Å². The second-order valence-corrected chi connectivity index (χ2v) is 8.27. The van der Waals surface area contributed by atoms with Gasteiger partial charge >= 0.3 is 0 Å². The van der Waals surface area contributed by atoms with Crippen LogP contribution < -0.4 is 10.1 Å². The average molecular weight is 431 g/mol. The summed E-state index contributed by atoms with van der Waals surface area (Å²) in [5.74, 6) is 0.557. The minimum Gasteiger partial charge on any atom is -0.488 e. The number of benzene rings is 3. The highest BCUT2D eigenvalue weighted by atomic mass is 19.1. The summed E-state index contributed by atoms with van der Waals surface area (Å²) in [5, 5.41) is 3.85. The third-order valence-electron chi connectivity index (χ3n) is 5.33. The number of carbonyl (C=O) groups is 1. The second-order valence-electron chi connectivity index (χ2n) is 8.27. The van der Waals surface area contributed by atoms with Gasteiger partial charge in [-0.1, -0.05) is 68.4 Å². The zero-order valence-electron chi connectivity index (χ0n) is 18.3. The molecule has 32 heavy (non-hydrogen) atoms. The van der Waals surface area contributed by atoms with E-state index in [1.165, 1.54) is 6.07 Å². The Labute approximate surface area is 187 Å². The molecule has 1 heterocycles. The van der Waals surface area contributed by atoms with E-state index in [9.17, 15) is 9.18 Å². The zero-order chi connectivity index (χ0) is 22.5. The standard InChI is InChI=1S/C27H27FN2O2/c1-19(2)16-29-27(31)25-15-22-24(30(25)17-20-9-4-3-5-10-20)13-8-14-26(22)32-18-21-11-6-7-12-23(21)28/h3-15,19H,16-18H2,1-2H3,(H,29,31). The van der Waals surface area contributed by atoms with Crippen molar-refractivity contribution in [1.29, 1.82) is 0 Å². The summed E-state index contributed by atoms with van der Waals surface area (Å²) in [5.41, 5.74) is 3.06. The normalized spacial score (nSPS) is 11.1.